The van der Waals surface area contributed by atoms with Gasteiger partial charge in [0.15, 0.2) is 0 Å². The lowest BCUT2D eigenvalue weighted by molar-refractivity contribution is 0.238. The standard InChI is InChI=1S/C19H22N4O2/c1-13(14-6-5-7-15(24)12-14)21-19(25)20-11-10-17-16-8-3-4-9-18(16)23(2)22-17/h3-9,12-13,24H,10-11H2,1-2H3,(H2,20,21,25)/t13-/m0/s1. The largest absolute Gasteiger partial charge is 0.508 e. The average Bonchev–Trinajstić information content (AvgIpc) is 2.91. The molecule has 0 radical (unpaired) electrons. The molecule has 1 heterocycles. The minimum Gasteiger partial charge on any atom is -0.508 e. The summed E-state index contributed by atoms with van der Waals surface area (Å²) in [6.45, 7) is 2.38. The van der Waals surface area contributed by atoms with Crippen LogP contribution in [0.25, 0.3) is 10.9 Å². The van der Waals surface area contributed by atoms with Gasteiger partial charge >= 0.3 is 6.03 Å². The van der Waals surface area contributed by atoms with E-state index >= 15 is 0 Å². The number of phenolic OH excluding ortho intramolecular Hbond substituents is 1. The van der Waals surface area contributed by atoms with Crippen LogP contribution in [0.1, 0.15) is 24.2 Å². The van der Waals surface area contributed by atoms with Crippen molar-refractivity contribution in [3.8, 4) is 5.75 Å². The SMILES string of the molecule is C[C@H](NC(=O)NCCc1nn(C)c2ccccc12)c1cccc(O)c1. The van der Waals surface area contributed by atoms with Gasteiger partial charge in [0, 0.05) is 25.4 Å². The lowest BCUT2D eigenvalue weighted by atomic mass is 10.1. The van der Waals surface area contributed by atoms with Crippen LogP contribution in [0.3, 0.4) is 0 Å². The number of nitrogens with one attached hydrogen (secondary N) is 2. The Morgan fingerprint density at radius 3 is 2.84 bits per heavy atom. The topological polar surface area (TPSA) is 79.2 Å². The smallest absolute Gasteiger partial charge is 0.315 e. The van der Waals surface area contributed by atoms with Crippen molar-refractivity contribution in [2.45, 2.75) is 19.4 Å². The summed E-state index contributed by atoms with van der Waals surface area (Å²) in [5, 5.41) is 20.9. The van der Waals surface area contributed by atoms with Gasteiger partial charge in [-0.1, -0.05) is 30.3 Å². The van der Waals surface area contributed by atoms with Gasteiger partial charge < -0.3 is 15.7 Å². The van der Waals surface area contributed by atoms with Crippen LogP contribution >= 0.6 is 0 Å². The molecule has 0 aliphatic heterocycles. The second-order valence-corrected chi connectivity index (χ2v) is 6.05. The Morgan fingerprint density at radius 1 is 1.24 bits per heavy atom. The first-order chi connectivity index (χ1) is 12.0. The molecule has 1 aromatic heterocycles. The number of aromatic nitrogens is 2. The van der Waals surface area contributed by atoms with E-state index in [1.807, 2.05) is 49.0 Å². The zero-order chi connectivity index (χ0) is 17.8. The van der Waals surface area contributed by atoms with E-state index in [4.69, 9.17) is 0 Å². The van der Waals surface area contributed by atoms with Gasteiger partial charge in [-0.2, -0.15) is 5.10 Å². The molecule has 0 fully saturated rings. The highest BCUT2D eigenvalue weighted by Gasteiger charge is 2.11. The maximum Gasteiger partial charge on any atom is 0.315 e. The molecule has 0 unspecified atom stereocenters. The molecule has 0 saturated heterocycles. The van der Waals surface area contributed by atoms with E-state index in [9.17, 15) is 9.90 Å². The van der Waals surface area contributed by atoms with Crippen LogP contribution in [0.4, 0.5) is 4.79 Å². The van der Waals surface area contributed by atoms with Gasteiger partial charge in [-0.05, 0) is 30.7 Å². The molecule has 0 saturated carbocycles. The van der Waals surface area contributed by atoms with E-state index in [0.29, 0.717) is 13.0 Å². The molecule has 2 amide bonds. The quantitative estimate of drug-likeness (QED) is 0.669. The summed E-state index contributed by atoms with van der Waals surface area (Å²) in [7, 11) is 1.92. The zero-order valence-corrected chi connectivity index (χ0v) is 14.4. The van der Waals surface area contributed by atoms with E-state index in [1.54, 1.807) is 18.2 Å². The van der Waals surface area contributed by atoms with Gasteiger partial charge in [-0.25, -0.2) is 4.79 Å². The van der Waals surface area contributed by atoms with Gasteiger partial charge in [-0.3, -0.25) is 4.68 Å². The Hall–Kier alpha value is -3.02. The average molecular weight is 338 g/mol. The number of carbonyl (C=O) groups excluding carboxylic acids is 1. The van der Waals surface area contributed by atoms with Gasteiger partial charge in [-0.15, -0.1) is 0 Å². The minimum atomic E-state index is -0.240. The monoisotopic (exact) mass is 338 g/mol. The number of aromatic hydroxyl groups is 1. The van der Waals surface area contributed by atoms with Crippen LogP contribution < -0.4 is 10.6 Å². The number of amides is 2. The first-order valence-electron chi connectivity index (χ1n) is 8.28. The van der Waals surface area contributed by atoms with Crippen LogP contribution in [-0.4, -0.2) is 27.5 Å². The fourth-order valence-corrected chi connectivity index (χ4v) is 2.89. The maximum atomic E-state index is 12.1. The van der Waals surface area contributed by atoms with Crippen LogP contribution in [0.2, 0.25) is 0 Å². The number of carbonyl (C=O) groups is 1. The lowest BCUT2D eigenvalue weighted by Gasteiger charge is -2.15. The zero-order valence-electron chi connectivity index (χ0n) is 14.4. The summed E-state index contributed by atoms with van der Waals surface area (Å²) in [5.41, 5.74) is 2.91. The molecule has 2 aromatic carbocycles. The maximum absolute atomic E-state index is 12.1. The van der Waals surface area contributed by atoms with Crippen LogP contribution in [0.5, 0.6) is 5.75 Å². The van der Waals surface area contributed by atoms with E-state index in [2.05, 4.69) is 15.7 Å². The minimum absolute atomic E-state index is 0.189. The van der Waals surface area contributed by atoms with Crippen molar-refractivity contribution in [1.82, 2.24) is 20.4 Å². The number of hydrogen-bond acceptors (Lipinski definition) is 3. The number of benzene rings is 2. The summed E-state index contributed by atoms with van der Waals surface area (Å²) in [6, 6.07) is 14.5. The van der Waals surface area contributed by atoms with Crippen molar-refractivity contribution in [2.75, 3.05) is 6.54 Å². The first kappa shape index (κ1) is 16.8. The van der Waals surface area contributed by atoms with E-state index < -0.39 is 0 Å². The molecule has 3 N–H and O–H groups in total. The van der Waals surface area contributed by atoms with Gasteiger partial charge in [0.25, 0.3) is 0 Å². The van der Waals surface area contributed by atoms with Crippen LogP contribution in [0.15, 0.2) is 48.5 Å². The highest BCUT2D eigenvalue weighted by Crippen LogP contribution is 2.18. The fourth-order valence-electron chi connectivity index (χ4n) is 2.89. The number of urea groups is 1. The summed E-state index contributed by atoms with van der Waals surface area (Å²) in [4.78, 5) is 12.1. The number of aryl methyl sites for hydroxylation is 1. The molecular formula is C19H22N4O2. The molecule has 1 atom stereocenters. The summed E-state index contributed by atoms with van der Waals surface area (Å²) < 4.78 is 1.86. The van der Waals surface area contributed by atoms with Crippen molar-refractivity contribution < 1.29 is 9.90 Å². The highest BCUT2D eigenvalue weighted by molar-refractivity contribution is 5.82. The Morgan fingerprint density at radius 2 is 2.04 bits per heavy atom. The van der Waals surface area contributed by atoms with Gasteiger partial charge in [0.05, 0.1) is 17.3 Å². The number of para-hydroxylation sites is 1. The molecule has 6 heteroatoms. The number of phenols is 1. The predicted octanol–water partition coefficient (Wildman–Crippen LogP) is 2.88. The number of rotatable bonds is 5. The summed E-state index contributed by atoms with van der Waals surface area (Å²) in [6.07, 6.45) is 0.662. The Kier molecular flexibility index (Phi) is 4.88. The Balaban J connectivity index is 1.54. The molecule has 3 aromatic rings. The number of fused-ring (bicyclic) bond motifs is 1. The lowest BCUT2D eigenvalue weighted by Crippen LogP contribution is -2.38. The Bertz CT molecular complexity index is 888. The molecule has 25 heavy (non-hydrogen) atoms. The van der Waals surface area contributed by atoms with E-state index in [1.165, 1.54) is 0 Å². The molecular weight excluding hydrogens is 316 g/mol. The third-order valence-corrected chi connectivity index (χ3v) is 4.20. The van der Waals surface area contributed by atoms with Crippen LogP contribution in [0, 0.1) is 0 Å². The molecule has 0 spiro atoms. The third kappa shape index (κ3) is 3.91. The molecule has 3 rings (SSSR count). The van der Waals surface area contributed by atoms with E-state index in [0.717, 1.165) is 22.2 Å². The third-order valence-electron chi connectivity index (χ3n) is 4.20. The molecule has 6 nitrogen and oxygen atoms in total. The van der Waals surface area contributed by atoms with Gasteiger partial charge in [0.2, 0.25) is 0 Å². The van der Waals surface area contributed by atoms with Crippen molar-refractivity contribution in [1.29, 1.82) is 0 Å². The second-order valence-electron chi connectivity index (χ2n) is 6.05. The molecule has 0 bridgehead atoms. The number of nitrogens with zero attached hydrogens (tertiary/aromatic N) is 2. The fraction of sp³-hybridized carbons (Fsp3) is 0.263. The number of hydrogen-bond donors (Lipinski definition) is 3. The summed E-state index contributed by atoms with van der Waals surface area (Å²) in [5.74, 6) is 0.189. The van der Waals surface area contributed by atoms with Crippen molar-refractivity contribution in [2.24, 2.45) is 7.05 Å². The predicted molar refractivity (Wildman–Crippen MR) is 97.5 cm³/mol. The summed E-state index contributed by atoms with van der Waals surface area (Å²) >= 11 is 0. The first-order valence-corrected chi connectivity index (χ1v) is 8.28. The normalized spacial score (nSPS) is 12.1. The van der Waals surface area contributed by atoms with E-state index in [-0.39, 0.29) is 17.8 Å². The molecule has 0 aliphatic carbocycles. The van der Waals surface area contributed by atoms with Crippen molar-refractivity contribution in [3.05, 3.63) is 59.8 Å². The van der Waals surface area contributed by atoms with Gasteiger partial charge in [0.1, 0.15) is 5.75 Å². The van der Waals surface area contributed by atoms with Crippen molar-refractivity contribution in [3.63, 3.8) is 0 Å². The van der Waals surface area contributed by atoms with Crippen LogP contribution in [-0.2, 0) is 13.5 Å². The highest BCUT2D eigenvalue weighted by atomic mass is 16.3. The Labute approximate surface area is 146 Å². The molecule has 0 aliphatic rings. The second kappa shape index (κ2) is 7.25. The molecule has 130 valence electrons. The van der Waals surface area contributed by atoms with Crippen molar-refractivity contribution >= 4 is 16.9 Å².